The van der Waals surface area contributed by atoms with Gasteiger partial charge in [-0.15, -0.1) is 0 Å². The van der Waals surface area contributed by atoms with Gasteiger partial charge >= 0.3 is 0 Å². The number of rotatable bonds is 6. The standard InChI is InChI=1S/C18H30N6O2/c1-26-10-6-20-18(25)14-3-2-7-24(12-14)15-4-8-23(9-5-15)17-11-16(19)21-13-22-17/h11,13-15H,2-10,12H2,1H3,(H,20,25)(H2,19,21,22). The van der Waals surface area contributed by atoms with Gasteiger partial charge in [0.25, 0.3) is 0 Å². The maximum Gasteiger partial charge on any atom is 0.224 e. The van der Waals surface area contributed by atoms with E-state index in [4.69, 9.17) is 10.5 Å². The highest BCUT2D eigenvalue weighted by molar-refractivity contribution is 5.78. The molecule has 3 heterocycles. The Labute approximate surface area is 155 Å². The van der Waals surface area contributed by atoms with E-state index in [1.807, 2.05) is 6.07 Å². The van der Waals surface area contributed by atoms with Gasteiger partial charge in [-0.1, -0.05) is 0 Å². The second-order valence-corrected chi connectivity index (χ2v) is 7.14. The van der Waals surface area contributed by atoms with Gasteiger partial charge in [-0.2, -0.15) is 0 Å². The molecule has 2 aliphatic heterocycles. The van der Waals surface area contributed by atoms with Gasteiger partial charge in [0.15, 0.2) is 0 Å². The number of likely N-dealkylation sites (tertiary alicyclic amines) is 1. The third-order valence-electron chi connectivity index (χ3n) is 5.41. The predicted octanol–water partition coefficient (Wildman–Crippen LogP) is 0.502. The van der Waals surface area contributed by atoms with Crippen LogP contribution in [-0.2, 0) is 9.53 Å². The van der Waals surface area contributed by atoms with Crippen LogP contribution in [0.15, 0.2) is 12.4 Å². The molecule has 26 heavy (non-hydrogen) atoms. The fourth-order valence-electron chi connectivity index (χ4n) is 3.97. The number of carbonyl (C=O) groups excluding carboxylic acids is 1. The van der Waals surface area contributed by atoms with Gasteiger partial charge in [-0.05, 0) is 32.2 Å². The van der Waals surface area contributed by atoms with Crippen molar-refractivity contribution >= 4 is 17.5 Å². The topological polar surface area (TPSA) is 96.6 Å². The highest BCUT2D eigenvalue weighted by atomic mass is 16.5. The molecule has 144 valence electrons. The molecule has 3 rings (SSSR count). The Bertz CT molecular complexity index is 591. The minimum atomic E-state index is 0.0975. The van der Waals surface area contributed by atoms with Crippen LogP contribution in [0.2, 0.25) is 0 Å². The van der Waals surface area contributed by atoms with Crippen LogP contribution in [0.5, 0.6) is 0 Å². The molecule has 0 spiro atoms. The Hall–Kier alpha value is -1.93. The van der Waals surface area contributed by atoms with E-state index in [9.17, 15) is 4.79 Å². The average molecular weight is 362 g/mol. The Morgan fingerprint density at radius 1 is 1.31 bits per heavy atom. The third-order valence-corrected chi connectivity index (χ3v) is 5.41. The summed E-state index contributed by atoms with van der Waals surface area (Å²) < 4.78 is 5.00. The molecule has 0 radical (unpaired) electrons. The fraction of sp³-hybridized carbons (Fsp3) is 0.722. The first-order valence-electron chi connectivity index (χ1n) is 9.50. The van der Waals surface area contributed by atoms with E-state index in [1.54, 1.807) is 7.11 Å². The summed E-state index contributed by atoms with van der Waals surface area (Å²) in [5.74, 6) is 1.68. The minimum absolute atomic E-state index is 0.0975. The molecule has 0 aliphatic carbocycles. The number of hydrogen-bond donors (Lipinski definition) is 2. The largest absolute Gasteiger partial charge is 0.384 e. The molecule has 8 heteroatoms. The van der Waals surface area contributed by atoms with Crippen molar-refractivity contribution in [3.05, 3.63) is 12.4 Å². The number of piperidine rings is 2. The molecule has 1 aromatic rings. The summed E-state index contributed by atoms with van der Waals surface area (Å²) in [7, 11) is 1.65. The summed E-state index contributed by atoms with van der Waals surface area (Å²) in [6.45, 7) is 5.03. The molecule has 2 aliphatic rings. The lowest BCUT2D eigenvalue weighted by Crippen LogP contribution is -2.51. The van der Waals surface area contributed by atoms with Gasteiger partial charge in [-0.3, -0.25) is 9.69 Å². The molecule has 2 saturated heterocycles. The molecule has 0 bridgehead atoms. The molecule has 1 atom stereocenters. The highest BCUT2D eigenvalue weighted by Crippen LogP contribution is 2.26. The van der Waals surface area contributed by atoms with Crippen molar-refractivity contribution in [1.29, 1.82) is 0 Å². The molecule has 0 saturated carbocycles. The van der Waals surface area contributed by atoms with Crippen molar-refractivity contribution in [3.63, 3.8) is 0 Å². The monoisotopic (exact) mass is 362 g/mol. The molecule has 1 aromatic heterocycles. The van der Waals surface area contributed by atoms with Crippen LogP contribution in [0.4, 0.5) is 11.6 Å². The number of nitrogens with zero attached hydrogens (tertiary/aromatic N) is 4. The van der Waals surface area contributed by atoms with Crippen molar-refractivity contribution in [2.45, 2.75) is 31.7 Å². The number of nitrogen functional groups attached to an aromatic ring is 1. The smallest absolute Gasteiger partial charge is 0.224 e. The number of methoxy groups -OCH3 is 1. The molecule has 2 fully saturated rings. The van der Waals surface area contributed by atoms with Crippen LogP contribution in [0, 0.1) is 5.92 Å². The maximum absolute atomic E-state index is 12.3. The van der Waals surface area contributed by atoms with Crippen molar-refractivity contribution in [3.8, 4) is 0 Å². The van der Waals surface area contributed by atoms with E-state index < -0.39 is 0 Å². The first kappa shape index (κ1) is 18.8. The quantitative estimate of drug-likeness (QED) is 0.712. The average Bonchev–Trinajstić information content (AvgIpc) is 2.68. The SMILES string of the molecule is COCCNC(=O)C1CCCN(C2CCN(c3cc(N)ncn3)CC2)C1. The molecule has 1 amide bonds. The van der Waals surface area contributed by atoms with E-state index in [1.165, 1.54) is 6.33 Å². The van der Waals surface area contributed by atoms with Crippen LogP contribution >= 0.6 is 0 Å². The number of amides is 1. The first-order valence-corrected chi connectivity index (χ1v) is 9.50. The fourth-order valence-corrected chi connectivity index (χ4v) is 3.97. The summed E-state index contributed by atoms with van der Waals surface area (Å²) in [5.41, 5.74) is 5.76. The van der Waals surface area contributed by atoms with E-state index in [0.717, 1.165) is 57.7 Å². The Kier molecular flexibility index (Phi) is 6.62. The van der Waals surface area contributed by atoms with Crippen molar-refractivity contribution < 1.29 is 9.53 Å². The van der Waals surface area contributed by atoms with Gasteiger partial charge in [0.1, 0.15) is 18.0 Å². The zero-order valence-corrected chi connectivity index (χ0v) is 15.6. The summed E-state index contributed by atoms with van der Waals surface area (Å²) in [6.07, 6.45) is 5.76. The Morgan fingerprint density at radius 3 is 2.85 bits per heavy atom. The minimum Gasteiger partial charge on any atom is -0.384 e. The van der Waals surface area contributed by atoms with Crippen LogP contribution in [0.1, 0.15) is 25.7 Å². The first-order chi connectivity index (χ1) is 12.7. The number of aromatic nitrogens is 2. The molecular weight excluding hydrogens is 332 g/mol. The molecular formula is C18H30N6O2. The highest BCUT2D eigenvalue weighted by Gasteiger charge is 2.31. The normalized spacial score (nSPS) is 22.3. The summed E-state index contributed by atoms with van der Waals surface area (Å²) in [5, 5.41) is 2.99. The number of ether oxygens (including phenoxy) is 1. The van der Waals surface area contributed by atoms with Crippen molar-refractivity contribution in [2.24, 2.45) is 5.92 Å². The van der Waals surface area contributed by atoms with Gasteiger partial charge in [0.05, 0.1) is 12.5 Å². The second kappa shape index (κ2) is 9.14. The molecule has 3 N–H and O–H groups in total. The summed E-state index contributed by atoms with van der Waals surface area (Å²) in [6, 6.07) is 2.38. The van der Waals surface area contributed by atoms with E-state index in [2.05, 4.69) is 25.1 Å². The zero-order chi connectivity index (χ0) is 18.4. The number of carbonyl (C=O) groups is 1. The number of nitrogens with one attached hydrogen (secondary N) is 1. The zero-order valence-electron chi connectivity index (χ0n) is 15.6. The molecule has 0 aromatic carbocycles. The van der Waals surface area contributed by atoms with E-state index in [-0.39, 0.29) is 11.8 Å². The van der Waals surface area contributed by atoms with E-state index in [0.29, 0.717) is 25.0 Å². The van der Waals surface area contributed by atoms with E-state index >= 15 is 0 Å². The van der Waals surface area contributed by atoms with Crippen molar-refractivity contribution in [2.75, 3.05) is 57.1 Å². The Morgan fingerprint density at radius 2 is 2.12 bits per heavy atom. The number of nitrogens with two attached hydrogens (primary N) is 1. The Balaban J connectivity index is 1.48. The van der Waals surface area contributed by atoms with Gasteiger partial charge in [0.2, 0.25) is 5.91 Å². The molecule has 8 nitrogen and oxygen atoms in total. The number of anilines is 2. The lowest BCUT2D eigenvalue weighted by atomic mass is 9.93. The lowest BCUT2D eigenvalue weighted by molar-refractivity contribution is -0.127. The van der Waals surface area contributed by atoms with Crippen LogP contribution < -0.4 is 16.0 Å². The predicted molar refractivity (Wildman–Crippen MR) is 101 cm³/mol. The molecule has 1 unspecified atom stereocenters. The second-order valence-electron chi connectivity index (χ2n) is 7.14. The van der Waals surface area contributed by atoms with Gasteiger partial charge in [0, 0.05) is 45.4 Å². The van der Waals surface area contributed by atoms with Gasteiger partial charge in [-0.25, -0.2) is 9.97 Å². The lowest BCUT2D eigenvalue weighted by Gasteiger charge is -2.42. The third kappa shape index (κ3) is 4.82. The van der Waals surface area contributed by atoms with Crippen LogP contribution in [-0.4, -0.2) is 73.3 Å². The van der Waals surface area contributed by atoms with Crippen LogP contribution in [0.3, 0.4) is 0 Å². The maximum atomic E-state index is 12.3. The van der Waals surface area contributed by atoms with Crippen molar-refractivity contribution in [1.82, 2.24) is 20.2 Å². The summed E-state index contributed by atoms with van der Waals surface area (Å²) >= 11 is 0. The van der Waals surface area contributed by atoms with Crippen LogP contribution in [0.25, 0.3) is 0 Å². The summed E-state index contributed by atoms with van der Waals surface area (Å²) in [4.78, 5) is 25.4. The number of hydrogen-bond acceptors (Lipinski definition) is 7. The van der Waals surface area contributed by atoms with Gasteiger partial charge < -0.3 is 20.7 Å².